The molecule has 0 bridgehead atoms. The minimum Gasteiger partial charge on any atom is -0.458 e. The highest BCUT2D eigenvalue weighted by Crippen LogP contribution is 2.63. The van der Waals surface area contributed by atoms with E-state index in [1.54, 1.807) is 0 Å². The lowest BCUT2D eigenvalue weighted by atomic mass is 9.49. The lowest BCUT2D eigenvalue weighted by molar-refractivity contribution is -0.116. The van der Waals surface area contributed by atoms with E-state index in [0.29, 0.717) is 36.0 Å². The summed E-state index contributed by atoms with van der Waals surface area (Å²) in [6.45, 7) is 4.57. The third-order valence-corrected chi connectivity index (χ3v) is 10.5. The van der Waals surface area contributed by atoms with Gasteiger partial charge < -0.3 is 4.74 Å². The first kappa shape index (κ1) is 24.0. The summed E-state index contributed by atoms with van der Waals surface area (Å²) < 4.78 is 29.5. The summed E-state index contributed by atoms with van der Waals surface area (Å²) in [5.74, 6) is 2.31. The second-order valence-corrected chi connectivity index (χ2v) is 13.0. The van der Waals surface area contributed by atoms with Crippen LogP contribution in [0.1, 0.15) is 69.2 Å². The van der Waals surface area contributed by atoms with Gasteiger partial charge in [-0.25, -0.2) is 18.4 Å². The molecule has 6 nitrogen and oxygen atoms in total. The molecular weight excluding hydrogens is 474 g/mol. The van der Waals surface area contributed by atoms with E-state index in [1.165, 1.54) is 23.8 Å². The van der Waals surface area contributed by atoms with Gasteiger partial charge in [0.15, 0.2) is 5.78 Å². The Labute approximate surface area is 206 Å². The molecule has 5 rings (SSSR count). The van der Waals surface area contributed by atoms with E-state index in [0.717, 1.165) is 38.5 Å². The molecular formula is C26H32ClNO5S. The Bertz CT molecular complexity index is 1180. The van der Waals surface area contributed by atoms with Crippen molar-refractivity contribution < 1.29 is 22.7 Å². The number of ether oxygens (including phenoxy) is 1. The average molecular weight is 506 g/mol. The quantitative estimate of drug-likeness (QED) is 0.588. The molecule has 0 radical (unpaired) electrons. The minimum absolute atomic E-state index is 0.0293. The largest absolute Gasteiger partial charge is 0.458 e. The van der Waals surface area contributed by atoms with Crippen LogP contribution in [0.2, 0.25) is 5.02 Å². The fourth-order valence-corrected chi connectivity index (χ4v) is 8.50. The minimum atomic E-state index is -3.96. The average Bonchev–Trinajstić information content (AvgIpc) is 3.08. The van der Waals surface area contributed by atoms with E-state index in [-0.39, 0.29) is 32.8 Å². The molecule has 3 saturated carbocycles. The summed E-state index contributed by atoms with van der Waals surface area (Å²) in [6, 6.07) is 3.85. The molecule has 4 unspecified atom stereocenters. The van der Waals surface area contributed by atoms with Crippen molar-refractivity contribution in [3.8, 4) is 0 Å². The normalized spacial score (nSPS) is 37.3. The molecule has 34 heavy (non-hydrogen) atoms. The molecule has 0 aromatic heterocycles. The van der Waals surface area contributed by atoms with Crippen LogP contribution in [0.5, 0.6) is 0 Å². The van der Waals surface area contributed by atoms with Gasteiger partial charge in [-0.15, -0.1) is 0 Å². The third-order valence-electron chi connectivity index (χ3n) is 9.29. The summed E-state index contributed by atoms with van der Waals surface area (Å²) in [7, 11) is -3.96. The molecule has 0 amide bonds. The smallest absolute Gasteiger partial charge is 0.339 e. The van der Waals surface area contributed by atoms with Crippen molar-refractivity contribution in [1.82, 2.24) is 0 Å². The van der Waals surface area contributed by atoms with Crippen molar-refractivity contribution >= 4 is 33.4 Å². The number of primary sulfonamides is 1. The Morgan fingerprint density at radius 3 is 2.71 bits per heavy atom. The van der Waals surface area contributed by atoms with Crippen molar-refractivity contribution in [2.24, 2.45) is 40.1 Å². The summed E-state index contributed by atoms with van der Waals surface area (Å²) >= 11 is 6.22. The highest BCUT2D eigenvalue weighted by Gasteiger charge is 2.59. The van der Waals surface area contributed by atoms with Gasteiger partial charge in [0.25, 0.3) is 0 Å². The molecule has 3 fully saturated rings. The molecule has 2 N–H and O–H groups in total. The van der Waals surface area contributed by atoms with Gasteiger partial charge in [0.2, 0.25) is 10.0 Å². The summed E-state index contributed by atoms with van der Waals surface area (Å²) in [6.07, 6.45) is 8.16. The first-order valence-corrected chi connectivity index (χ1v) is 14.2. The fourth-order valence-electron chi connectivity index (χ4n) is 7.76. The molecule has 8 heteroatoms. The molecule has 1 aromatic carbocycles. The van der Waals surface area contributed by atoms with Gasteiger partial charge in [-0.05, 0) is 92.4 Å². The molecule has 0 heterocycles. The fraction of sp³-hybridized carbons (Fsp3) is 0.615. The van der Waals surface area contributed by atoms with Crippen LogP contribution in [-0.2, 0) is 19.6 Å². The topological polar surface area (TPSA) is 104 Å². The van der Waals surface area contributed by atoms with Crippen LogP contribution in [-0.4, -0.2) is 26.3 Å². The zero-order valence-electron chi connectivity index (χ0n) is 19.6. The van der Waals surface area contributed by atoms with Crippen LogP contribution in [0, 0.1) is 35.0 Å². The maximum absolute atomic E-state index is 13.1. The lowest BCUT2D eigenvalue weighted by Crippen LogP contribution is -2.50. The van der Waals surface area contributed by atoms with Gasteiger partial charge in [-0.3, -0.25) is 4.79 Å². The Morgan fingerprint density at radius 2 is 1.97 bits per heavy atom. The van der Waals surface area contributed by atoms with Crippen molar-refractivity contribution in [1.29, 1.82) is 0 Å². The zero-order chi connectivity index (χ0) is 24.4. The zero-order valence-corrected chi connectivity index (χ0v) is 21.2. The Hall–Kier alpha value is -1.70. The highest BCUT2D eigenvalue weighted by molar-refractivity contribution is 7.89. The first-order chi connectivity index (χ1) is 16.0. The van der Waals surface area contributed by atoms with Gasteiger partial charge in [-0.2, -0.15) is 0 Å². The number of sulfonamides is 1. The predicted molar refractivity (Wildman–Crippen MR) is 129 cm³/mol. The number of carbonyl (C=O) groups is 2. The maximum atomic E-state index is 13.1. The van der Waals surface area contributed by atoms with Gasteiger partial charge in [0.05, 0.1) is 15.5 Å². The van der Waals surface area contributed by atoms with Crippen molar-refractivity contribution in [3.05, 3.63) is 40.4 Å². The molecule has 4 aliphatic carbocycles. The van der Waals surface area contributed by atoms with Crippen LogP contribution >= 0.6 is 11.6 Å². The number of hydrogen-bond donors (Lipinski definition) is 1. The number of allylic oxidation sites excluding steroid dienone is 1. The van der Waals surface area contributed by atoms with Crippen molar-refractivity contribution in [2.45, 2.75) is 69.8 Å². The second kappa shape index (κ2) is 8.45. The van der Waals surface area contributed by atoms with Gasteiger partial charge in [0.1, 0.15) is 6.10 Å². The van der Waals surface area contributed by atoms with E-state index < -0.39 is 16.0 Å². The third kappa shape index (κ3) is 3.94. The molecule has 0 aliphatic heterocycles. The number of carbonyl (C=O) groups excluding carboxylic acids is 2. The summed E-state index contributed by atoms with van der Waals surface area (Å²) in [4.78, 5) is 24.9. The van der Waals surface area contributed by atoms with Crippen LogP contribution in [0.3, 0.4) is 0 Å². The van der Waals surface area contributed by atoms with E-state index in [9.17, 15) is 18.0 Å². The van der Waals surface area contributed by atoms with Crippen LogP contribution in [0.4, 0.5) is 0 Å². The van der Waals surface area contributed by atoms with Gasteiger partial charge in [-0.1, -0.05) is 31.0 Å². The first-order valence-electron chi connectivity index (χ1n) is 12.3. The monoisotopic (exact) mass is 505 g/mol. The number of nitrogens with two attached hydrogens (primary N) is 1. The summed E-state index contributed by atoms with van der Waals surface area (Å²) in [5, 5.41) is 5.38. The lowest BCUT2D eigenvalue weighted by Gasteiger charge is -2.55. The molecule has 1 aromatic rings. The molecule has 7 atom stereocenters. The van der Waals surface area contributed by atoms with Crippen molar-refractivity contribution in [2.75, 3.05) is 0 Å². The molecule has 0 saturated heterocycles. The van der Waals surface area contributed by atoms with E-state index in [4.69, 9.17) is 21.5 Å². The number of fused-ring (bicyclic) bond motifs is 5. The standard InChI is InChI=1S/C26H32ClNO5S/c1-14-11-15-12-16(29)3-5-18(15)19-9-10-26(2)21(24(14)19)6-8-23(26)33-25(30)20-13-17(34(28,31)32)4-7-22(20)27/h4,7,12-14,18-19,21,23-24H,3,5-6,8-11H2,1-2H3,(H2,28,31,32)/t14-,18?,19?,21?,23+,24?,26+/m1/s1. The number of esters is 1. The van der Waals surface area contributed by atoms with Crippen LogP contribution in [0.25, 0.3) is 0 Å². The highest BCUT2D eigenvalue weighted by atomic mass is 35.5. The van der Waals surface area contributed by atoms with Gasteiger partial charge in [0, 0.05) is 11.8 Å². The predicted octanol–water partition coefficient (Wildman–Crippen LogP) is 4.90. The maximum Gasteiger partial charge on any atom is 0.339 e. The SMILES string of the molecule is C[C@@H]1CC2=CC(=O)CCC2C2CC[C@@]3(C)C(CC[C@@H]3OC(=O)c3cc(S(N)(=O)=O)ccc3Cl)C21. The number of rotatable bonds is 3. The van der Waals surface area contributed by atoms with E-state index >= 15 is 0 Å². The number of halogens is 1. The van der Waals surface area contributed by atoms with Crippen molar-refractivity contribution in [3.63, 3.8) is 0 Å². The van der Waals surface area contributed by atoms with Crippen LogP contribution in [0.15, 0.2) is 34.7 Å². The Balaban J connectivity index is 1.37. The number of ketones is 1. The molecule has 4 aliphatic rings. The molecule has 0 spiro atoms. The Morgan fingerprint density at radius 1 is 1.21 bits per heavy atom. The molecule has 184 valence electrons. The summed E-state index contributed by atoms with van der Waals surface area (Å²) in [5.41, 5.74) is 1.27. The van der Waals surface area contributed by atoms with E-state index in [1.807, 2.05) is 6.08 Å². The van der Waals surface area contributed by atoms with Gasteiger partial charge >= 0.3 is 5.97 Å². The number of hydrogen-bond acceptors (Lipinski definition) is 5. The Kier molecular flexibility index (Phi) is 5.97. The van der Waals surface area contributed by atoms with Crippen LogP contribution < -0.4 is 5.14 Å². The van der Waals surface area contributed by atoms with E-state index in [2.05, 4.69) is 13.8 Å². The number of benzene rings is 1. The second-order valence-electron chi connectivity index (χ2n) is 11.1.